The van der Waals surface area contributed by atoms with Crippen LogP contribution < -0.4 is 5.32 Å². The first-order valence-electron chi connectivity index (χ1n) is 5.76. The van der Waals surface area contributed by atoms with E-state index in [0.29, 0.717) is 12.2 Å². The average Bonchev–Trinajstić information content (AvgIpc) is 2.70. The zero-order chi connectivity index (χ0) is 12.9. The summed E-state index contributed by atoms with van der Waals surface area (Å²) in [5.41, 5.74) is 0.495. The second-order valence-corrected chi connectivity index (χ2v) is 5.99. The van der Waals surface area contributed by atoms with Gasteiger partial charge in [0.2, 0.25) is 0 Å². The van der Waals surface area contributed by atoms with Crippen LogP contribution in [0.4, 0.5) is 0 Å². The monoisotopic (exact) mass is 256 g/mol. The van der Waals surface area contributed by atoms with Crippen LogP contribution in [0, 0.1) is 12.3 Å². The minimum Gasteiger partial charge on any atom is -0.396 e. The molecule has 17 heavy (non-hydrogen) atoms. The van der Waals surface area contributed by atoms with Crippen molar-refractivity contribution in [1.29, 1.82) is 0 Å². The summed E-state index contributed by atoms with van der Waals surface area (Å²) in [6, 6.07) is 0. The Kier molecular flexibility index (Phi) is 5.08. The summed E-state index contributed by atoms with van der Waals surface area (Å²) in [6.45, 7) is 6.84. The molecule has 0 bridgehead atoms. The molecule has 0 aliphatic carbocycles. The summed E-state index contributed by atoms with van der Waals surface area (Å²) >= 11 is 1.47. The van der Waals surface area contributed by atoms with E-state index >= 15 is 0 Å². The molecule has 0 saturated carbocycles. The fourth-order valence-electron chi connectivity index (χ4n) is 1.52. The highest BCUT2D eigenvalue weighted by Gasteiger charge is 2.19. The van der Waals surface area contributed by atoms with E-state index in [4.69, 9.17) is 5.11 Å². The lowest BCUT2D eigenvalue weighted by molar-refractivity contribution is 0.0928. The van der Waals surface area contributed by atoms with Gasteiger partial charge in [0.15, 0.2) is 0 Å². The van der Waals surface area contributed by atoms with Crippen LogP contribution >= 0.6 is 11.3 Å². The van der Waals surface area contributed by atoms with Crippen molar-refractivity contribution in [3.63, 3.8) is 0 Å². The number of carbonyl (C=O) groups is 1. The van der Waals surface area contributed by atoms with Crippen molar-refractivity contribution in [2.24, 2.45) is 5.41 Å². The number of hydrogen-bond acceptors (Lipinski definition) is 4. The minimum atomic E-state index is -0.119. The number of carbonyl (C=O) groups excluding carboxylic acids is 1. The van der Waals surface area contributed by atoms with Crippen molar-refractivity contribution in [3.05, 3.63) is 16.1 Å². The summed E-state index contributed by atoms with van der Waals surface area (Å²) in [5.74, 6) is -0.119. The Labute approximate surface area is 106 Å². The highest BCUT2D eigenvalue weighted by atomic mass is 32.1. The van der Waals surface area contributed by atoms with Gasteiger partial charge in [0.1, 0.15) is 5.69 Å². The van der Waals surface area contributed by atoms with Crippen molar-refractivity contribution in [1.82, 2.24) is 10.3 Å². The van der Waals surface area contributed by atoms with E-state index in [2.05, 4.69) is 24.1 Å². The molecule has 0 fully saturated rings. The SMILES string of the molecule is Cc1nc(C(=O)NCC(C)(C)CCCO)cs1. The fraction of sp³-hybridized carbons (Fsp3) is 0.667. The number of thiazole rings is 1. The van der Waals surface area contributed by atoms with Crippen LogP contribution in [0.2, 0.25) is 0 Å². The molecule has 0 aliphatic rings. The zero-order valence-corrected chi connectivity index (χ0v) is 11.4. The van der Waals surface area contributed by atoms with E-state index < -0.39 is 0 Å². The van der Waals surface area contributed by atoms with Crippen LogP contribution in [0.15, 0.2) is 5.38 Å². The molecule has 4 nitrogen and oxygen atoms in total. The van der Waals surface area contributed by atoms with Gasteiger partial charge >= 0.3 is 0 Å². The number of aromatic nitrogens is 1. The fourth-order valence-corrected chi connectivity index (χ4v) is 2.12. The van der Waals surface area contributed by atoms with Gasteiger partial charge < -0.3 is 10.4 Å². The molecule has 2 N–H and O–H groups in total. The summed E-state index contributed by atoms with van der Waals surface area (Å²) < 4.78 is 0. The Bertz CT molecular complexity index is 374. The quantitative estimate of drug-likeness (QED) is 0.818. The Morgan fingerprint density at radius 2 is 2.29 bits per heavy atom. The molecular formula is C12H20N2O2S. The molecule has 0 unspecified atom stereocenters. The van der Waals surface area contributed by atoms with Crippen LogP contribution in [0.5, 0.6) is 0 Å². The Hall–Kier alpha value is -0.940. The first-order chi connectivity index (χ1) is 7.94. The number of aliphatic hydroxyl groups excluding tert-OH is 1. The zero-order valence-electron chi connectivity index (χ0n) is 10.6. The topological polar surface area (TPSA) is 62.2 Å². The molecule has 1 rings (SSSR count). The second-order valence-electron chi connectivity index (χ2n) is 4.93. The summed E-state index contributed by atoms with van der Waals surface area (Å²) in [7, 11) is 0. The van der Waals surface area contributed by atoms with E-state index in [1.165, 1.54) is 11.3 Å². The molecule has 1 aromatic heterocycles. The van der Waals surface area contributed by atoms with Gasteiger partial charge in [0.05, 0.1) is 5.01 Å². The Balaban J connectivity index is 2.42. The van der Waals surface area contributed by atoms with Crippen LogP contribution in [0.3, 0.4) is 0 Å². The number of amides is 1. The predicted octanol–water partition coefficient (Wildman–Crippen LogP) is 1.98. The Morgan fingerprint density at radius 3 is 2.82 bits per heavy atom. The lowest BCUT2D eigenvalue weighted by Crippen LogP contribution is -2.34. The number of nitrogens with zero attached hydrogens (tertiary/aromatic N) is 1. The van der Waals surface area contributed by atoms with Gasteiger partial charge in [-0.2, -0.15) is 0 Å². The maximum atomic E-state index is 11.8. The van der Waals surface area contributed by atoms with E-state index in [1.807, 2.05) is 6.92 Å². The van der Waals surface area contributed by atoms with Gasteiger partial charge in [-0.25, -0.2) is 4.98 Å². The van der Waals surface area contributed by atoms with Crippen LogP contribution in [-0.4, -0.2) is 29.1 Å². The average molecular weight is 256 g/mol. The normalized spacial score (nSPS) is 11.5. The van der Waals surface area contributed by atoms with Gasteiger partial charge in [-0.05, 0) is 25.2 Å². The van der Waals surface area contributed by atoms with Crippen LogP contribution in [0.1, 0.15) is 42.2 Å². The first-order valence-corrected chi connectivity index (χ1v) is 6.64. The van der Waals surface area contributed by atoms with Crippen molar-refractivity contribution in [3.8, 4) is 0 Å². The third-order valence-corrected chi connectivity index (χ3v) is 3.36. The number of aryl methyl sites for hydroxylation is 1. The van der Waals surface area contributed by atoms with Crippen molar-refractivity contribution in [2.45, 2.75) is 33.6 Å². The van der Waals surface area contributed by atoms with E-state index in [0.717, 1.165) is 17.8 Å². The molecule has 0 spiro atoms. The highest BCUT2D eigenvalue weighted by molar-refractivity contribution is 7.09. The number of nitrogens with one attached hydrogen (secondary N) is 1. The molecule has 96 valence electrons. The molecule has 0 aliphatic heterocycles. The maximum Gasteiger partial charge on any atom is 0.270 e. The third-order valence-electron chi connectivity index (χ3n) is 2.59. The van der Waals surface area contributed by atoms with E-state index in [-0.39, 0.29) is 17.9 Å². The van der Waals surface area contributed by atoms with Crippen molar-refractivity contribution in [2.75, 3.05) is 13.2 Å². The standard InChI is InChI=1S/C12H20N2O2S/c1-9-14-10(7-17-9)11(16)13-8-12(2,3)5-4-6-15/h7,15H,4-6,8H2,1-3H3,(H,13,16). The summed E-state index contributed by atoms with van der Waals surface area (Å²) in [5, 5.41) is 14.3. The molecule has 0 saturated heterocycles. The maximum absolute atomic E-state index is 11.8. The van der Waals surface area contributed by atoms with E-state index in [9.17, 15) is 4.79 Å². The van der Waals surface area contributed by atoms with E-state index in [1.54, 1.807) is 5.38 Å². The second kappa shape index (κ2) is 6.12. The summed E-state index contributed by atoms with van der Waals surface area (Å²) in [4.78, 5) is 15.9. The van der Waals surface area contributed by atoms with Gasteiger partial charge in [0, 0.05) is 18.5 Å². The lowest BCUT2D eigenvalue weighted by atomic mass is 9.88. The highest BCUT2D eigenvalue weighted by Crippen LogP contribution is 2.21. The van der Waals surface area contributed by atoms with Crippen molar-refractivity contribution >= 4 is 17.2 Å². The van der Waals surface area contributed by atoms with Gasteiger partial charge in [-0.3, -0.25) is 4.79 Å². The molecule has 0 radical (unpaired) electrons. The molecular weight excluding hydrogens is 236 g/mol. The minimum absolute atomic E-state index is 0.00343. The lowest BCUT2D eigenvalue weighted by Gasteiger charge is -2.24. The Morgan fingerprint density at radius 1 is 1.59 bits per heavy atom. The number of rotatable bonds is 6. The molecule has 0 aromatic carbocycles. The predicted molar refractivity (Wildman–Crippen MR) is 69.3 cm³/mol. The first kappa shape index (κ1) is 14.1. The van der Waals surface area contributed by atoms with Gasteiger partial charge in [0.25, 0.3) is 5.91 Å². The molecule has 1 amide bonds. The molecule has 0 atom stereocenters. The molecule has 1 aromatic rings. The largest absolute Gasteiger partial charge is 0.396 e. The summed E-state index contributed by atoms with van der Waals surface area (Å²) in [6.07, 6.45) is 1.65. The number of aliphatic hydroxyl groups is 1. The number of hydrogen-bond donors (Lipinski definition) is 2. The molecule has 1 heterocycles. The third kappa shape index (κ3) is 4.83. The van der Waals surface area contributed by atoms with Gasteiger partial charge in [-0.15, -0.1) is 11.3 Å². The van der Waals surface area contributed by atoms with Gasteiger partial charge in [-0.1, -0.05) is 13.8 Å². The smallest absolute Gasteiger partial charge is 0.270 e. The van der Waals surface area contributed by atoms with Crippen LogP contribution in [-0.2, 0) is 0 Å². The molecule has 5 heteroatoms. The van der Waals surface area contributed by atoms with Crippen molar-refractivity contribution < 1.29 is 9.90 Å². The van der Waals surface area contributed by atoms with Crippen LogP contribution in [0.25, 0.3) is 0 Å².